The van der Waals surface area contributed by atoms with E-state index in [4.69, 9.17) is 0 Å². The zero-order valence-corrected chi connectivity index (χ0v) is 18.5. The van der Waals surface area contributed by atoms with Crippen LogP contribution in [0, 0.1) is 16.0 Å². The topological polar surface area (TPSA) is 101 Å². The minimum absolute atomic E-state index is 0.132. The molecule has 0 heterocycles. The molecule has 1 aliphatic rings. The second-order valence-corrected chi connectivity index (χ2v) is 8.40. The van der Waals surface area contributed by atoms with E-state index in [1.165, 1.54) is 41.3 Å². The first-order chi connectivity index (χ1) is 16.0. The van der Waals surface area contributed by atoms with Crippen LogP contribution in [-0.2, 0) is 15.8 Å². The monoisotopic (exact) mass is 478 g/mol. The third-order valence-electron chi connectivity index (χ3n) is 6.35. The van der Waals surface area contributed by atoms with E-state index in [0.717, 1.165) is 25.0 Å². The Hall–Kier alpha value is -3.43. The molecular weight excluding hydrogens is 453 g/mol. The quantitative estimate of drug-likeness (QED) is 0.303. The van der Waals surface area contributed by atoms with Crippen molar-refractivity contribution in [2.24, 2.45) is 5.92 Å². The number of benzene rings is 2. The number of nitrogens with zero attached hydrogens (tertiary/aromatic N) is 2. The number of nitro benzene ring substituents is 1. The molecule has 2 unspecified atom stereocenters. The maximum Gasteiger partial charge on any atom is 0.416 e. The zero-order valence-electron chi connectivity index (χ0n) is 18.5. The average molecular weight is 478 g/mol. The van der Waals surface area contributed by atoms with Gasteiger partial charge in [-0.1, -0.05) is 44.0 Å². The number of halogens is 3. The Morgan fingerprint density at radius 2 is 1.59 bits per heavy atom. The SMILES string of the molecule is CCC(c1ccc([N+](=O)[O-])cc1)N(C(=O)C(=O)O)C(c1ccc(C(F)(F)F)cc1)C1CCCC1. The molecule has 2 aromatic carbocycles. The van der Waals surface area contributed by atoms with E-state index in [1.807, 2.05) is 0 Å². The maximum atomic E-state index is 13.1. The lowest BCUT2D eigenvalue weighted by Gasteiger charge is -2.40. The van der Waals surface area contributed by atoms with Crippen LogP contribution in [-0.4, -0.2) is 26.8 Å². The van der Waals surface area contributed by atoms with Gasteiger partial charge in [-0.15, -0.1) is 0 Å². The number of hydrogen-bond donors (Lipinski definition) is 1. The Kier molecular flexibility index (Phi) is 7.58. The molecule has 0 aliphatic heterocycles. The number of carbonyl (C=O) groups is 2. The van der Waals surface area contributed by atoms with Crippen LogP contribution in [0.5, 0.6) is 0 Å². The van der Waals surface area contributed by atoms with Crippen molar-refractivity contribution in [1.82, 2.24) is 4.90 Å². The molecule has 1 saturated carbocycles. The molecule has 0 radical (unpaired) electrons. The number of non-ortho nitro benzene ring substituents is 1. The summed E-state index contributed by atoms with van der Waals surface area (Å²) in [5.74, 6) is -2.97. The smallest absolute Gasteiger partial charge is 0.416 e. The van der Waals surface area contributed by atoms with Gasteiger partial charge in [0, 0.05) is 12.1 Å². The van der Waals surface area contributed by atoms with Gasteiger partial charge in [0.25, 0.3) is 5.69 Å². The maximum absolute atomic E-state index is 13.1. The van der Waals surface area contributed by atoms with E-state index in [2.05, 4.69) is 0 Å². The molecule has 1 aliphatic carbocycles. The van der Waals surface area contributed by atoms with Gasteiger partial charge < -0.3 is 10.0 Å². The van der Waals surface area contributed by atoms with Crippen LogP contribution in [0.25, 0.3) is 0 Å². The molecule has 10 heteroatoms. The average Bonchev–Trinajstić information content (AvgIpc) is 3.32. The van der Waals surface area contributed by atoms with Crippen molar-refractivity contribution in [2.45, 2.75) is 57.3 Å². The predicted octanol–water partition coefficient (Wildman–Crippen LogP) is 5.91. The highest BCUT2D eigenvalue weighted by atomic mass is 19.4. The third kappa shape index (κ3) is 5.37. The number of nitro groups is 1. The first-order valence-electron chi connectivity index (χ1n) is 11.0. The van der Waals surface area contributed by atoms with E-state index in [9.17, 15) is 38.0 Å². The third-order valence-corrected chi connectivity index (χ3v) is 6.35. The number of carbonyl (C=O) groups excluding carboxylic acids is 1. The van der Waals surface area contributed by atoms with Crippen molar-refractivity contribution in [3.05, 3.63) is 75.3 Å². The molecule has 34 heavy (non-hydrogen) atoms. The van der Waals surface area contributed by atoms with Crippen molar-refractivity contribution in [3.63, 3.8) is 0 Å². The van der Waals surface area contributed by atoms with Gasteiger partial charge >= 0.3 is 18.1 Å². The molecule has 1 fully saturated rings. The molecule has 1 N–H and O–H groups in total. The Bertz CT molecular complexity index is 1030. The van der Waals surface area contributed by atoms with Gasteiger partial charge in [0.1, 0.15) is 0 Å². The summed E-state index contributed by atoms with van der Waals surface area (Å²) in [5, 5.41) is 20.7. The van der Waals surface area contributed by atoms with Gasteiger partial charge in [0.15, 0.2) is 0 Å². The second kappa shape index (κ2) is 10.2. The molecule has 2 aromatic rings. The largest absolute Gasteiger partial charge is 0.474 e. The van der Waals surface area contributed by atoms with Gasteiger partial charge in [-0.2, -0.15) is 13.2 Å². The summed E-state index contributed by atoms with van der Waals surface area (Å²) in [6.07, 6.45) is -1.09. The molecule has 0 saturated heterocycles. The Morgan fingerprint density at radius 3 is 2.03 bits per heavy atom. The first kappa shape index (κ1) is 25.2. The number of carboxylic acid groups (broad SMARTS) is 1. The van der Waals surface area contributed by atoms with Crippen molar-refractivity contribution < 1.29 is 32.8 Å². The molecule has 0 bridgehead atoms. The molecule has 182 valence electrons. The van der Waals surface area contributed by atoms with Crippen LogP contribution < -0.4 is 0 Å². The fourth-order valence-electron chi connectivity index (χ4n) is 4.79. The number of rotatable bonds is 7. The van der Waals surface area contributed by atoms with Gasteiger partial charge in [-0.3, -0.25) is 14.9 Å². The van der Waals surface area contributed by atoms with Gasteiger partial charge in [0.05, 0.1) is 22.6 Å². The van der Waals surface area contributed by atoms with E-state index in [-0.39, 0.29) is 11.6 Å². The molecule has 0 spiro atoms. The standard InChI is InChI=1S/C24H25F3N2O5/c1-2-20(15-9-13-19(14-10-15)29(33)34)28(22(30)23(31)32)21(16-5-3-4-6-16)17-7-11-18(12-8-17)24(25,26)27/h7-14,16,20-21H,2-6H2,1H3,(H,31,32). The zero-order chi connectivity index (χ0) is 25.0. The summed E-state index contributed by atoms with van der Waals surface area (Å²) < 4.78 is 39.4. The highest BCUT2D eigenvalue weighted by Crippen LogP contribution is 2.44. The molecule has 2 atom stereocenters. The number of carboxylic acids is 1. The van der Waals surface area contributed by atoms with E-state index in [0.29, 0.717) is 30.4 Å². The van der Waals surface area contributed by atoms with Crippen molar-refractivity contribution in [1.29, 1.82) is 0 Å². The van der Waals surface area contributed by atoms with Gasteiger partial charge in [-0.25, -0.2) is 4.79 Å². The van der Waals surface area contributed by atoms with Crippen LogP contribution in [0.15, 0.2) is 48.5 Å². The minimum Gasteiger partial charge on any atom is -0.474 e. The fraction of sp³-hybridized carbons (Fsp3) is 0.417. The van der Waals surface area contributed by atoms with E-state index in [1.54, 1.807) is 6.92 Å². The van der Waals surface area contributed by atoms with Gasteiger partial charge in [0.2, 0.25) is 0 Å². The van der Waals surface area contributed by atoms with E-state index < -0.39 is 40.6 Å². The van der Waals surface area contributed by atoms with Crippen LogP contribution in [0.4, 0.5) is 18.9 Å². The number of amides is 1. The lowest BCUT2D eigenvalue weighted by molar-refractivity contribution is -0.384. The number of hydrogen-bond acceptors (Lipinski definition) is 4. The lowest BCUT2D eigenvalue weighted by atomic mass is 9.87. The first-order valence-corrected chi connectivity index (χ1v) is 11.0. The fourth-order valence-corrected chi connectivity index (χ4v) is 4.79. The highest BCUT2D eigenvalue weighted by molar-refractivity contribution is 6.31. The lowest BCUT2D eigenvalue weighted by Crippen LogP contribution is -2.44. The summed E-state index contributed by atoms with van der Waals surface area (Å²) in [6, 6.07) is 8.51. The van der Waals surface area contributed by atoms with Crippen molar-refractivity contribution in [3.8, 4) is 0 Å². The van der Waals surface area contributed by atoms with Crippen LogP contribution in [0.2, 0.25) is 0 Å². The molecule has 1 amide bonds. The minimum atomic E-state index is -4.53. The Morgan fingerprint density at radius 1 is 1.06 bits per heavy atom. The number of alkyl halides is 3. The Balaban J connectivity index is 2.12. The Labute approximate surface area is 194 Å². The predicted molar refractivity (Wildman–Crippen MR) is 117 cm³/mol. The normalized spacial score (nSPS) is 16.1. The summed E-state index contributed by atoms with van der Waals surface area (Å²) in [6.45, 7) is 1.76. The summed E-state index contributed by atoms with van der Waals surface area (Å²) >= 11 is 0. The van der Waals surface area contributed by atoms with Gasteiger partial charge in [-0.05, 0) is 48.4 Å². The van der Waals surface area contributed by atoms with Crippen LogP contribution in [0.3, 0.4) is 0 Å². The summed E-state index contributed by atoms with van der Waals surface area (Å²) in [7, 11) is 0. The molecule has 3 rings (SSSR count). The van der Waals surface area contributed by atoms with Crippen LogP contribution in [0.1, 0.15) is 67.8 Å². The summed E-state index contributed by atoms with van der Waals surface area (Å²) in [5.41, 5.74) is -0.0442. The van der Waals surface area contributed by atoms with E-state index >= 15 is 0 Å². The van der Waals surface area contributed by atoms with Crippen LogP contribution >= 0.6 is 0 Å². The second-order valence-electron chi connectivity index (χ2n) is 8.40. The number of aliphatic carboxylic acids is 1. The highest BCUT2D eigenvalue weighted by Gasteiger charge is 2.40. The van der Waals surface area contributed by atoms with Crippen molar-refractivity contribution in [2.75, 3.05) is 0 Å². The summed E-state index contributed by atoms with van der Waals surface area (Å²) in [4.78, 5) is 36.6. The van der Waals surface area contributed by atoms with Crippen molar-refractivity contribution >= 4 is 17.6 Å². The molecule has 7 nitrogen and oxygen atoms in total. The molecular formula is C24H25F3N2O5. The molecule has 0 aromatic heterocycles.